The second-order valence-electron chi connectivity index (χ2n) is 7.38. The van der Waals surface area contributed by atoms with E-state index < -0.39 is 5.54 Å². The Morgan fingerprint density at radius 3 is 1.88 bits per heavy atom. The first-order chi connectivity index (χ1) is 11.5. The summed E-state index contributed by atoms with van der Waals surface area (Å²) >= 11 is 0. The molecule has 4 heteroatoms. The van der Waals surface area contributed by atoms with E-state index in [0.717, 1.165) is 25.7 Å². The molecule has 0 saturated carbocycles. The van der Waals surface area contributed by atoms with Crippen LogP contribution in [0.3, 0.4) is 0 Å². The summed E-state index contributed by atoms with van der Waals surface area (Å²) < 4.78 is 5.52. The van der Waals surface area contributed by atoms with Crippen LogP contribution in [0.15, 0.2) is 0 Å². The number of hydrogen-bond donors (Lipinski definition) is 1. The highest BCUT2D eigenvalue weighted by Gasteiger charge is 2.36. The van der Waals surface area contributed by atoms with Crippen LogP contribution in [-0.2, 0) is 9.53 Å². The predicted molar refractivity (Wildman–Crippen MR) is 103 cm³/mol. The molecule has 2 N–H and O–H groups in total. The van der Waals surface area contributed by atoms with Gasteiger partial charge in [-0.15, -0.1) is 0 Å². The number of ether oxygens (including phenoxy) is 1. The minimum Gasteiger partial charge on any atom is -0.464 e. The van der Waals surface area contributed by atoms with E-state index in [1.807, 2.05) is 25.9 Å². The number of carbonyl (C=O) groups excluding carboxylic acids is 1. The van der Waals surface area contributed by atoms with Crippen molar-refractivity contribution in [3.63, 3.8) is 0 Å². The first kappa shape index (κ1) is 23.4. The lowest BCUT2D eigenvalue weighted by Crippen LogP contribution is -2.49. The van der Waals surface area contributed by atoms with E-state index in [1.54, 1.807) is 0 Å². The second kappa shape index (κ2) is 14.7. The van der Waals surface area contributed by atoms with Crippen molar-refractivity contribution in [2.45, 2.75) is 96.4 Å². The number of carbonyl (C=O) groups is 1. The van der Waals surface area contributed by atoms with Crippen LogP contribution in [0.1, 0.15) is 90.9 Å². The number of nitrogens with zero attached hydrogens (tertiary/aromatic N) is 1. The maximum atomic E-state index is 12.4. The van der Waals surface area contributed by atoms with Gasteiger partial charge in [0.25, 0.3) is 0 Å². The van der Waals surface area contributed by atoms with Crippen molar-refractivity contribution in [2.75, 3.05) is 27.2 Å². The maximum absolute atomic E-state index is 12.4. The fourth-order valence-corrected chi connectivity index (χ4v) is 2.86. The Labute approximate surface area is 150 Å². The molecule has 0 saturated heterocycles. The molecule has 0 radical (unpaired) electrons. The van der Waals surface area contributed by atoms with Gasteiger partial charge in [-0.25, -0.2) is 0 Å². The molecule has 4 nitrogen and oxygen atoms in total. The summed E-state index contributed by atoms with van der Waals surface area (Å²) in [6, 6.07) is 0. The quantitative estimate of drug-likeness (QED) is 0.331. The Morgan fingerprint density at radius 1 is 0.917 bits per heavy atom. The first-order valence-corrected chi connectivity index (χ1v) is 10.0. The summed E-state index contributed by atoms with van der Waals surface area (Å²) in [5, 5.41) is 0. The molecular formula is C20H42N2O2. The van der Waals surface area contributed by atoms with E-state index in [-0.39, 0.29) is 5.97 Å². The lowest BCUT2D eigenvalue weighted by atomic mass is 9.94. The van der Waals surface area contributed by atoms with E-state index in [9.17, 15) is 4.79 Å². The Balaban J connectivity index is 3.69. The highest BCUT2D eigenvalue weighted by atomic mass is 16.5. The lowest BCUT2D eigenvalue weighted by molar-refractivity contribution is -0.156. The zero-order chi connectivity index (χ0) is 18.3. The molecule has 0 fully saturated rings. The standard InChI is InChI=1S/C20H42N2O2/c1-5-6-7-8-9-10-11-12-13-14-18-24-19(23)20(2,22(3)4)16-15-17-21/h5-18,21H2,1-4H3. The Kier molecular flexibility index (Phi) is 14.3. The van der Waals surface area contributed by atoms with Crippen molar-refractivity contribution in [2.24, 2.45) is 5.73 Å². The molecule has 0 spiro atoms. The number of unbranched alkanes of at least 4 members (excludes halogenated alkanes) is 9. The third kappa shape index (κ3) is 10.3. The molecule has 0 aliphatic heterocycles. The first-order valence-electron chi connectivity index (χ1n) is 10.0. The van der Waals surface area contributed by atoms with E-state index in [1.165, 1.54) is 51.4 Å². The van der Waals surface area contributed by atoms with Crippen molar-refractivity contribution < 1.29 is 9.53 Å². The van der Waals surface area contributed by atoms with Gasteiger partial charge in [-0.05, 0) is 46.8 Å². The average Bonchev–Trinajstić information content (AvgIpc) is 2.57. The van der Waals surface area contributed by atoms with Gasteiger partial charge in [0.15, 0.2) is 0 Å². The monoisotopic (exact) mass is 342 g/mol. The molecule has 144 valence electrons. The molecule has 1 atom stereocenters. The van der Waals surface area contributed by atoms with Gasteiger partial charge in [-0.3, -0.25) is 9.69 Å². The summed E-state index contributed by atoms with van der Waals surface area (Å²) in [7, 11) is 3.86. The summed E-state index contributed by atoms with van der Waals surface area (Å²) in [5.41, 5.74) is 5.02. The molecular weight excluding hydrogens is 300 g/mol. The molecule has 24 heavy (non-hydrogen) atoms. The molecule has 0 bridgehead atoms. The highest BCUT2D eigenvalue weighted by Crippen LogP contribution is 2.20. The smallest absolute Gasteiger partial charge is 0.326 e. The highest BCUT2D eigenvalue weighted by molar-refractivity contribution is 5.80. The van der Waals surface area contributed by atoms with Crippen LogP contribution in [0.4, 0.5) is 0 Å². The minimum absolute atomic E-state index is 0.114. The topological polar surface area (TPSA) is 55.6 Å². The van der Waals surface area contributed by atoms with E-state index in [0.29, 0.717) is 13.2 Å². The van der Waals surface area contributed by atoms with Gasteiger partial charge in [0.05, 0.1) is 6.61 Å². The molecule has 1 unspecified atom stereocenters. The van der Waals surface area contributed by atoms with Gasteiger partial charge in [0, 0.05) is 0 Å². The molecule has 0 aromatic carbocycles. The van der Waals surface area contributed by atoms with Gasteiger partial charge >= 0.3 is 5.97 Å². The Bertz CT molecular complexity index is 308. The fraction of sp³-hybridized carbons (Fsp3) is 0.950. The SMILES string of the molecule is CCCCCCCCCCCCOC(=O)C(C)(CCCN)N(C)C. The summed E-state index contributed by atoms with van der Waals surface area (Å²) in [4.78, 5) is 14.3. The van der Waals surface area contributed by atoms with E-state index in [2.05, 4.69) is 6.92 Å². The number of likely N-dealkylation sites (N-methyl/N-ethyl adjacent to an activating group) is 1. The number of esters is 1. The van der Waals surface area contributed by atoms with Gasteiger partial charge in [0.1, 0.15) is 5.54 Å². The van der Waals surface area contributed by atoms with Crippen molar-refractivity contribution in [1.82, 2.24) is 4.90 Å². The number of nitrogens with two attached hydrogens (primary N) is 1. The minimum atomic E-state index is -0.558. The molecule has 0 aromatic rings. The predicted octanol–water partition coefficient (Wildman–Crippen LogP) is 4.51. The summed E-state index contributed by atoms with van der Waals surface area (Å²) in [6.07, 6.45) is 14.5. The Morgan fingerprint density at radius 2 is 1.42 bits per heavy atom. The van der Waals surface area contributed by atoms with Crippen LogP contribution in [0.25, 0.3) is 0 Å². The van der Waals surface area contributed by atoms with Crippen LogP contribution in [0.5, 0.6) is 0 Å². The summed E-state index contributed by atoms with van der Waals surface area (Å²) in [6.45, 7) is 5.35. The van der Waals surface area contributed by atoms with Crippen LogP contribution in [0, 0.1) is 0 Å². The van der Waals surface area contributed by atoms with Crippen molar-refractivity contribution in [3.05, 3.63) is 0 Å². The van der Waals surface area contributed by atoms with E-state index >= 15 is 0 Å². The van der Waals surface area contributed by atoms with Crippen LogP contribution in [-0.4, -0.2) is 43.7 Å². The molecule has 0 rings (SSSR count). The Hall–Kier alpha value is -0.610. The third-order valence-electron chi connectivity index (χ3n) is 5.03. The fourth-order valence-electron chi connectivity index (χ4n) is 2.86. The second-order valence-corrected chi connectivity index (χ2v) is 7.38. The zero-order valence-electron chi connectivity index (χ0n) is 16.7. The van der Waals surface area contributed by atoms with Crippen molar-refractivity contribution in [3.8, 4) is 0 Å². The molecule has 0 aliphatic rings. The van der Waals surface area contributed by atoms with Gasteiger partial charge in [-0.1, -0.05) is 64.7 Å². The maximum Gasteiger partial charge on any atom is 0.326 e. The number of hydrogen-bond acceptors (Lipinski definition) is 4. The molecule has 0 aliphatic carbocycles. The normalized spacial score (nSPS) is 13.9. The molecule has 0 aromatic heterocycles. The van der Waals surface area contributed by atoms with Crippen molar-refractivity contribution >= 4 is 5.97 Å². The van der Waals surface area contributed by atoms with Gasteiger partial charge < -0.3 is 10.5 Å². The van der Waals surface area contributed by atoms with Crippen LogP contribution >= 0.6 is 0 Å². The number of rotatable bonds is 16. The largest absolute Gasteiger partial charge is 0.464 e. The third-order valence-corrected chi connectivity index (χ3v) is 5.03. The molecule has 0 heterocycles. The average molecular weight is 343 g/mol. The molecule has 0 amide bonds. The van der Waals surface area contributed by atoms with Gasteiger partial charge in [0.2, 0.25) is 0 Å². The van der Waals surface area contributed by atoms with Gasteiger partial charge in [-0.2, -0.15) is 0 Å². The summed E-state index contributed by atoms with van der Waals surface area (Å²) in [5.74, 6) is -0.114. The van der Waals surface area contributed by atoms with Crippen molar-refractivity contribution in [1.29, 1.82) is 0 Å². The van der Waals surface area contributed by atoms with Crippen LogP contribution in [0.2, 0.25) is 0 Å². The lowest BCUT2D eigenvalue weighted by Gasteiger charge is -2.34. The van der Waals surface area contributed by atoms with Crippen LogP contribution < -0.4 is 5.73 Å². The zero-order valence-corrected chi connectivity index (χ0v) is 16.7. The van der Waals surface area contributed by atoms with E-state index in [4.69, 9.17) is 10.5 Å².